The van der Waals surface area contributed by atoms with Crippen LogP contribution >= 0.6 is 58.6 Å². The number of nitrogen functional groups attached to an aromatic ring is 1. The summed E-state index contributed by atoms with van der Waals surface area (Å²) in [4.78, 5) is 69.2. The molecule has 1 aromatic carbocycles. The predicted octanol–water partition coefficient (Wildman–Crippen LogP) is -0.0194. The minimum Gasteiger partial charge on any atom is -0.504 e. The summed E-state index contributed by atoms with van der Waals surface area (Å²) in [6, 6.07) is 1.25. The molecule has 244 valence electrons. The Morgan fingerprint density at radius 2 is 2.00 bits per heavy atom. The molecule has 2 fully saturated rings. The first-order chi connectivity index (χ1) is 21.5. The number of rotatable bonds is 10. The predicted molar refractivity (Wildman–Crippen MR) is 171 cm³/mol. The number of fused-ring (bicyclic) bond motifs is 1. The Hall–Kier alpha value is -4.18. The molecule has 22 heteroatoms. The number of aromatic nitrogens is 3. The van der Waals surface area contributed by atoms with Gasteiger partial charge in [-0.15, -0.1) is 45.7 Å². The van der Waals surface area contributed by atoms with Gasteiger partial charge in [-0.1, -0.05) is 23.1 Å². The number of halogens is 1. The number of carboxylic acids is 1. The van der Waals surface area contributed by atoms with Gasteiger partial charge in [0.1, 0.15) is 22.3 Å². The highest BCUT2D eigenvalue weighted by molar-refractivity contribution is 8.01. The van der Waals surface area contributed by atoms with Crippen molar-refractivity contribution in [2.45, 2.75) is 21.8 Å². The number of nitrogens with two attached hydrogens (primary N) is 1. The Morgan fingerprint density at radius 1 is 1.22 bits per heavy atom. The summed E-state index contributed by atoms with van der Waals surface area (Å²) in [7, 11) is 0. The van der Waals surface area contributed by atoms with Crippen molar-refractivity contribution in [2.24, 2.45) is 10.5 Å². The lowest BCUT2D eigenvalue weighted by Crippen LogP contribution is -2.74. The van der Waals surface area contributed by atoms with E-state index >= 15 is 0 Å². The third kappa shape index (κ3) is 7.44. The molecule has 4 heterocycles. The average Bonchev–Trinajstić information content (AvgIpc) is 3.70. The molecule has 3 unspecified atom stereocenters. The van der Waals surface area contributed by atoms with Crippen molar-refractivity contribution >= 4 is 99.5 Å². The molecule has 4 amide bonds. The van der Waals surface area contributed by atoms with E-state index in [1.165, 1.54) is 68.9 Å². The number of aromatic hydroxyl groups is 2. The number of β-lactam (4-membered cyclic amide) rings is 1. The van der Waals surface area contributed by atoms with Gasteiger partial charge in [0.15, 0.2) is 27.0 Å². The van der Waals surface area contributed by atoms with Crippen LogP contribution in [0.2, 0.25) is 0 Å². The van der Waals surface area contributed by atoms with E-state index in [0.29, 0.717) is 9.90 Å². The van der Waals surface area contributed by atoms with Gasteiger partial charge in [-0.3, -0.25) is 24.0 Å². The number of thioether (sulfide) groups is 2. The third-order valence-electron chi connectivity index (χ3n) is 6.67. The number of carbonyl (C=O) groups is 5. The second kappa shape index (κ2) is 14.5. The van der Waals surface area contributed by atoms with Crippen molar-refractivity contribution < 1.29 is 39.3 Å². The standard InChI is InChI=1S/C24H23N9O8S4.ClH/c25-22-28-11(5-42-22)14(29-17(37)18(38)31-26-4-10-1-2-12(34)13(35)3-10)16(36)30-15-19(39)33-6-24(21(40)41,7-43-20(15)33)8-44-23-32-27-9-45-23;/h1-5,9,14-15,20,34-35H,6-8H2,(H2,25,28)(H,29,37)(H,30,36)(H,31,38)(H,40,41);1H/t14?,15?,20-,24?;/m1./s1. The first kappa shape index (κ1) is 34.7. The Kier molecular flexibility index (Phi) is 10.9. The van der Waals surface area contributed by atoms with Crippen LogP contribution in [-0.2, 0) is 24.0 Å². The molecule has 0 spiro atoms. The fourth-order valence-corrected chi connectivity index (χ4v) is 8.25. The van der Waals surface area contributed by atoms with Gasteiger partial charge in [-0.05, 0) is 23.8 Å². The van der Waals surface area contributed by atoms with Crippen LogP contribution in [0.25, 0.3) is 0 Å². The van der Waals surface area contributed by atoms with Crippen LogP contribution in [-0.4, -0.2) is 101 Å². The van der Waals surface area contributed by atoms with Gasteiger partial charge in [0.05, 0.1) is 11.9 Å². The fraction of sp³-hybridized carbons (Fsp3) is 0.292. The van der Waals surface area contributed by atoms with Crippen molar-refractivity contribution in [1.82, 2.24) is 36.1 Å². The summed E-state index contributed by atoms with van der Waals surface area (Å²) >= 11 is 4.73. The number of hydrazone groups is 1. The van der Waals surface area contributed by atoms with E-state index in [9.17, 15) is 39.3 Å². The zero-order valence-corrected chi connectivity index (χ0v) is 27.1. The molecule has 0 bridgehead atoms. The maximum atomic E-state index is 13.4. The molecule has 5 rings (SSSR count). The summed E-state index contributed by atoms with van der Waals surface area (Å²) in [6.07, 6.45) is 1.11. The lowest BCUT2D eigenvalue weighted by Gasteiger charge is -2.53. The number of nitrogens with one attached hydrogen (secondary N) is 3. The van der Waals surface area contributed by atoms with Crippen LogP contribution in [0.4, 0.5) is 5.13 Å². The number of carbonyl (C=O) groups excluding carboxylic acids is 4. The number of benzene rings is 1. The fourth-order valence-electron chi connectivity index (χ4n) is 4.31. The van der Waals surface area contributed by atoms with Crippen LogP contribution in [0.15, 0.2) is 38.5 Å². The van der Waals surface area contributed by atoms with E-state index < -0.39 is 58.2 Å². The second-order valence-electron chi connectivity index (χ2n) is 9.70. The van der Waals surface area contributed by atoms with Gasteiger partial charge < -0.3 is 36.6 Å². The molecule has 2 aromatic heterocycles. The molecule has 17 nitrogen and oxygen atoms in total. The van der Waals surface area contributed by atoms with E-state index in [2.05, 4.69) is 30.9 Å². The molecule has 2 aliphatic rings. The maximum absolute atomic E-state index is 13.4. The number of nitrogens with zero attached hydrogens (tertiary/aromatic N) is 5. The molecule has 3 aromatic rings. The molecule has 4 atom stereocenters. The minimum absolute atomic E-state index is 0. The number of amides is 4. The molecule has 0 radical (unpaired) electrons. The number of aliphatic carboxylic acids is 1. The summed E-state index contributed by atoms with van der Waals surface area (Å²) in [6.45, 7) is -0.0652. The van der Waals surface area contributed by atoms with Gasteiger partial charge in [0, 0.05) is 23.4 Å². The van der Waals surface area contributed by atoms with Gasteiger partial charge >= 0.3 is 17.8 Å². The van der Waals surface area contributed by atoms with Crippen LogP contribution < -0.4 is 21.8 Å². The minimum atomic E-state index is -1.51. The number of carboxylic acid groups (broad SMARTS) is 1. The van der Waals surface area contributed by atoms with Gasteiger partial charge in [-0.25, -0.2) is 10.4 Å². The average molecular weight is 730 g/mol. The highest BCUT2D eigenvalue weighted by Gasteiger charge is 2.57. The zero-order valence-electron chi connectivity index (χ0n) is 23.1. The lowest BCUT2D eigenvalue weighted by atomic mass is 9.89. The van der Waals surface area contributed by atoms with Crippen LogP contribution in [0, 0.1) is 5.41 Å². The van der Waals surface area contributed by atoms with Crippen LogP contribution in [0.5, 0.6) is 11.5 Å². The second-order valence-corrected chi connectivity index (χ2v) is 13.7. The lowest BCUT2D eigenvalue weighted by molar-refractivity contribution is -0.158. The van der Waals surface area contributed by atoms with Crippen molar-refractivity contribution in [3.63, 3.8) is 0 Å². The monoisotopic (exact) mass is 729 g/mol. The topological polar surface area (TPSA) is 262 Å². The van der Waals surface area contributed by atoms with E-state index in [4.69, 9.17) is 5.73 Å². The SMILES string of the molecule is Cl.Nc1nc(C(NC(=O)C(=O)NN=Cc2ccc(O)c(O)c2)C(=O)NC2C(=O)N3CC(CSc4nncs4)(C(=O)O)CS[C@H]23)cs1. The number of phenolic OH excluding ortho intramolecular Hbond substituents is 2. The third-order valence-corrected chi connectivity index (χ3v) is 11.1. The Labute approximate surface area is 281 Å². The summed E-state index contributed by atoms with van der Waals surface area (Å²) < 4.78 is 0.608. The number of phenols is 2. The van der Waals surface area contributed by atoms with Crippen molar-refractivity contribution in [1.29, 1.82) is 0 Å². The molecule has 0 saturated carbocycles. The largest absolute Gasteiger partial charge is 0.504 e. The van der Waals surface area contributed by atoms with Crippen molar-refractivity contribution in [3.8, 4) is 11.5 Å². The zero-order chi connectivity index (χ0) is 32.3. The number of anilines is 1. The molecular formula is C24H24ClN9O8S4. The van der Waals surface area contributed by atoms with E-state index in [1.54, 1.807) is 0 Å². The maximum Gasteiger partial charge on any atom is 0.329 e. The van der Waals surface area contributed by atoms with Crippen LogP contribution in [0.3, 0.4) is 0 Å². The summed E-state index contributed by atoms with van der Waals surface area (Å²) in [5, 5.41) is 46.1. The molecule has 46 heavy (non-hydrogen) atoms. The Balaban J connectivity index is 0.00000480. The first-order valence-electron chi connectivity index (χ1n) is 12.7. The molecule has 0 aliphatic carbocycles. The molecule has 2 aliphatic heterocycles. The van der Waals surface area contributed by atoms with Crippen molar-refractivity contribution in [2.75, 3.05) is 23.8 Å². The van der Waals surface area contributed by atoms with Crippen molar-refractivity contribution in [3.05, 3.63) is 40.3 Å². The van der Waals surface area contributed by atoms with Crippen LogP contribution in [0.1, 0.15) is 17.3 Å². The number of hydrogen-bond donors (Lipinski definition) is 7. The smallest absolute Gasteiger partial charge is 0.329 e. The molecular weight excluding hydrogens is 706 g/mol. The van der Waals surface area contributed by atoms with Gasteiger partial charge in [-0.2, -0.15) is 5.10 Å². The first-order valence-corrected chi connectivity index (χ1v) is 16.5. The molecule has 8 N–H and O–H groups in total. The Bertz CT molecular complexity index is 1680. The number of thiazole rings is 1. The quantitative estimate of drug-likeness (QED) is 0.0361. The summed E-state index contributed by atoms with van der Waals surface area (Å²) in [5.41, 5.74) is 8.33. The normalized spacial score (nSPS) is 21.0. The highest BCUT2D eigenvalue weighted by atomic mass is 35.5. The molecule has 2 saturated heterocycles. The summed E-state index contributed by atoms with van der Waals surface area (Å²) in [5.74, 6) is -5.31. The number of hydrogen-bond acceptors (Lipinski definition) is 16. The van der Waals surface area contributed by atoms with Gasteiger partial charge in [0.25, 0.3) is 0 Å². The van der Waals surface area contributed by atoms with E-state index in [0.717, 1.165) is 17.6 Å². The Morgan fingerprint density at radius 3 is 2.65 bits per heavy atom. The highest BCUT2D eigenvalue weighted by Crippen LogP contribution is 2.44. The van der Waals surface area contributed by atoms with E-state index in [-0.39, 0.29) is 47.0 Å². The van der Waals surface area contributed by atoms with E-state index in [1.807, 2.05) is 5.43 Å². The van der Waals surface area contributed by atoms with Gasteiger partial charge in [0.2, 0.25) is 11.8 Å².